The Kier molecular flexibility index (Phi) is 6.33. The van der Waals surface area contributed by atoms with Crippen LogP contribution < -0.4 is 15.0 Å². The van der Waals surface area contributed by atoms with E-state index < -0.39 is 11.9 Å². The van der Waals surface area contributed by atoms with Gasteiger partial charge in [0.1, 0.15) is 24.1 Å². The molecule has 1 aliphatic rings. The minimum Gasteiger partial charge on any atom is -0.487 e. The van der Waals surface area contributed by atoms with Gasteiger partial charge in [-0.1, -0.05) is 30.3 Å². The van der Waals surface area contributed by atoms with Gasteiger partial charge in [0, 0.05) is 26.7 Å². The number of aromatic nitrogens is 1. The predicted molar refractivity (Wildman–Crippen MR) is 108 cm³/mol. The zero-order chi connectivity index (χ0) is 20.8. The van der Waals surface area contributed by atoms with Crippen LogP contribution in [-0.4, -0.2) is 55.0 Å². The third-order valence-electron chi connectivity index (χ3n) is 4.55. The summed E-state index contributed by atoms with van der Waals surface area (Å²) < 4.78 is 5.63. The van der Waals surface area contributed by atoms with Crippen molar-refractivity contribution in [2.45, 2.75) is 18.9 Å². The molecule has 29 heavy (non-hydrogen) atoms. The molecule has 1 N–H and O–H groups in total. The third-order valence-corrected chi connectivity index (χ3v) is 4.55. The van der Waals surface area contributed by atoms with Crippen LogP contribution in [0.25, 0.3) is 0 Å². The van der Waals surface area contributed by atoms with E-state index in [4.69, 9.17) is 4.74 Å². The Morgan fingerprint density at radius 3 is 2.72 bits per heavy atom. The lowest BCUT2D eigenvalue weighted by molar-refractivity contribution is -0.125. The number of fused-ring (bicyclic) bond motifs is 1. The van der Waals surface area contributed by atoms with Crippen molar-refractivity contribution < 1.29 is 19.1 Å². The van der Waals surface area contributed by atoms with Crippen molar-refractivity contribution in [1.29, 1.82) is 0 Å². The molecule has 8 heteroatoms. The highest BCUT2D eigenvalue weighted by molar-refractivity contribution is 6.42. The van der Waals surface area contributed by atoms with Gasteiger partial charge in [0.2, 0.25) is 0 Å². The van der Waals surface area contributed by atoms with E-state index in [1.165, 1.54) is 11.9 Å². The number of pyridine rings is 1. The minimum absolute atomic E-state index is 0.0391. The van der Waals surface area contributed by atoms with Crippen molar-refractivity contribution in [2.24, 2.45) is 4.99 Å². The number of anilines is 1. The van der Waals surface area contributed by atoms with Gasteiger partial charge < -0.3 is 10.1 Å². The van der Waals surface area contributed by atoms with Crippen molar-refractivity contribution in [3.05, 3.63) is 54.2 Å². The zero-order valence-electron chi connectivity index (χ0n) is 16.3. The van der Waals surface area contributed by atoms with Gasteiger partial charge in [-0.2, -0.15) is 0 Å². The van der Waals surface area contributed by atoms with Crippen LogP contribution in [0.3, 0.4) is 0 Å². The van der Waals surface area contributed by atoms with Crippen molar-refractivity contribution in [2.75, 3.05) is 25.6 Å². The number of hydrogen-bond donors (Lipinski definition) is 1. The number of hydrogen-bond acceptors (Lipinski definition) is 6. The lowest BCUT2D eigenvalue weighted by Gasteiger charge is -2.19. The van der Waals surface area contributed by atoms with Crippen LogP contribution in [-0.2, 0) is 20.8 Å². The Morgan fingerprint density at radius 1 is 1.24 bits per heavy atom. The Bertz CT molecular complexity index is 943. The van der Waals surface area contributed by atoms with Crippen molar-refractivity contribution in [3.63, 3.8) is 0 Å². The monoisotopic (exact) mass is 394 g/mol. The summed E-state index contributed by atoms with van der Waals surface area (Å²) in [5, 5.41) is 2.63. The highest BCUT2D eigenvalue weighted by Crippen LogP contribution is 2.27. The number of amides is 2. The smallest absolute Gasteiger partial charge is 0.266 e. The minimum atomic E-state index is -0.914. The maximum atomic E-state index is 12.7. The second-order valence-electron chi connectivity index (χ2n) is 6.61. The molecule has 0 radical (unpaired) electrons. The molecule has 150 valence electrons. The fourth-order valence-corrected chi connectivity index (χ4v) is 3.01. The first kappa shape index (κ1) is 20.2. The molecule has 0 spiro atoms. The van der Waals surface area contributed by atoms with Crippen molar-refractivity contribution in [1.82, 2.24) is 10.3 Å². The number of rotatable bonds is 6. The average molecular weight is 394 g/mol. The lowest BCUT2D eigenvalue weighted by Crippen LogP contribution is -2.51. The Labute approximate surface area is 168 Å². The molecule has 0 bridgehead atoms. The number of ketones is 1. The maximum absolute atomic E-state index is 12.7. The van der Waals surface area contributed by atoms with Crippen LogP contribution >= 0.6 is 0 Å². The summed E-state index contributed by atoms with van der Waals surface area (Å²) in [4.78, 5) is 47.1. The molecular formula is C21H22N4O4. The highest BCUT2D eigenvalue weighted by atomic mass is 16.5. The van der Waals surface area contributed by atoms with Gasteiger partial charge in [0.05, 0.1) is 6.42 Å². The molecule has 0 fully saturated rings. The first-order valence-electron chi connectivity index (χ1n) is 9.17. The molecule has 1 aromatic heterocycles. The van der Waals surface area contributed by atoms with Crippen LogP contribution in [0.2, 0.25) is 0 Å². The first-order valence-corrected chi connectivity index (χ1v) is 9.17. The molecule has 0 unspecified atom stereocenters. The molecule has 2 heterocycles. The Balaban J connectivity index is 1.63. The normalized spacial score (nSPS) is 16.5. The summed E-state index contributed by atoms with van der Waals surface area (Å²) in [5.41, 5.74) is 0.939. The molecule has 1 aromatic carbocycles. The number of ether oxygens (including phenoxy) is 1. The SMILES string of the molecule is C/N=C(\CC(=O)Cc1ccccc1)C(=O)N[C@H]1COc2cccnc2N(C)C1=O. The number of likely N-dealkylation sites (N-methyl/N-ethyl adjacent to an activating group) is 1. The van der Waals surface area contributed by atoms with Gasteiger partial charge in [0.25, 0.3) is 11.8 Å². The van der Waals surface area contributed by atoms with E-state index in [1.807, 2.05) is 30.3 Å². The third kappa shape index (κ3) is 4.84. The van der Waals surface area contributed by atoms with E-state index in [0.29, 0.717) is 11.6 Å². The Morgan fingerprint density at radius 2 is 2.00 bits per heavy atom. The summed E-state index contributed by atoms with van der Waals surface area (Å²) in [7, 11) is 3.02. The molecular weight excluding hydrogens is 372 g/mol. The second kappa shape index (κ2) is 9.09. The summed E-state index contributed by atoms with van der Waals surface area (Å²) in [5.74, 6) is -0.214. The van der Waals surface area contributed by atoms with Gasteiger partial charge in [-0.05, 0) is 17.7 Å². The summed E-state index contributed by atoms with van der Waals surface area (Å²) in [6.45, 7) is -0.0391. The lowest BCUT2D eigenvalue weighted by atomic mass is 10.0. The molecule has 2 aromatic rings. The molecule has 0 aliphatic carbocycles. The number of nitrogens with zero attached hydrogens (tertiary/aromatic N) is 3. The topological polar surface area (TPSA) is 101 Å². The first-order chi connectivity index (χ1) is 14.0. The van der Waals surface area contributed by atoms with Gasteiger partial charge >= 0.3 is 0 Å². The number of aliphatic imine (C=N–C) groups is 1. The second-order valence-corrected chi connectivity index (χ2v) is 6.61. The molecule has 1 atom stereocenters. The van der Waals surface area contributed by atoms with E-state index in [2.05, 4.69) is 15.3 Å². The van der Waals surface area contributed by atoms with Gasteiger partial charge in [-0.25, -0.2) is 4.98 Å². The molecule has 2 amide bonds. The van der Waals surface area contributed by atoms with Crippen LogP contribution in [0.5, 0.6) is 5.75 Å². The standard InChI is InChI=1S/C21H22N4O4/c1-22-16(12-15(26)11-14-7-4-3-5-8-14)20(27)24-17-13-29-18-9-6-10-23-19(18)25(2)21(17)28/h3-10,17H,11-13H2,1-2H3,(H,24,27)/b22-16+/t17-/m0/s1. The number of Topliss-reactive ketones (excluding diaryl/α,β-unsaturated/α-hetero) is 1. The molecule has 3 rings (SSSR count). The van der Waals surface area contributed by atoms with E-state index in [1.54, 1.807) is 25.4 Å². The number of nitrogens with one attached hydrogen (secondary N) is 1. The fourth-order valence-electron chi connectivity index (χ4n) is 3.01. The summed E-state index contributed by atoms with van der Waals surface area (Å²) in [6, 6.07) is 11.8. The van der Waals surface area contributed by atoms with Crippen LogP contribution in [0.4, 0.5) is 5.82 Å². The van der Waals surface area contributed by atoms with Gasteiger partial charge in [0.15, 0.2) is 11.6 Å². The number of carbonyl (C=O) groups excluding carboxylic acids is 3. The molecule has 0 saturated carbocycles. The Hall–Kier alpha value is -3.55. The van der Waals surface area contributed by atoms with E-state index in [9.17, 15) is 14.4 Å². The molecule has 0 saturated heterocycles. The van der Waals surface area contributed by atoms with Crippen LogP contribution in [0.1, 0.15) is 12.0 Å². The van der Waals surface area contributed by atoms with Crippen LogP contribution in [0.15, 0.2) is 53.7 Å². The zero-order valence-corrected chi connectivity index (χ0v) is 16.3. The maximum Gasteiger partial charge on any atom is 0.266 e. The largest absolute Gasteiger partial charge is 0.487 e. The van der Waals surface area contributed by atoms with E-state index in [0.717, 1.165) is 5.56 Å². The predicted octanol–water partition coefficient (Wildman–Crippen LogP) is 1.19. The number of benzene rings is 1. The van der Waals surface area contributed by atoms with E-state index >= 15 is 0 Å². The molecule has 8 nitrogen and oxygen atoms in total. The average Bonchev–Trinajstić information content (AvgIpc) is 2.85. The van der Waals surface area contributed by atoms with Crippen molar-refractivity contribution >= 4 is 29.1 Å². The van der Waals surface area contributed by atoms with Gasteiger partial charge in [-0.15, -0.1) is 0 Å². The fraction of sp³-hybridized carbons (Fsp3) is 0.286. The highest BCUT2D eigenvalue weighted by Gasteiger charge is 2.32. The van der Waals surface area contributed by atoms with Crippen LogP contribution in [0, 0.1) is 0 Å². The quantitative estimate of drug-likeness (QED) is 0.742. The molecule has 1 aliphatic heterocycles. The summed E-state index contributed by atoms with van der Waals surface area (Å²) >= 11 is 0. The van der Waals surface area contributed by atoms with Crippen molar-refractivity contribution in [3.8, 4) is 5.75 Å². The van der Waals surface area contributed by atoms with Gasteiger partial charge in [-0.3, -0.25) is 24.3 Å². The summed E-state index contributed by atoms with van der Waals surface area (Å²) in [6.07, 6.45) is 1.66. The van der Waals surface area contributed by atoms with E-state index in [-0.39, 0.29) is 36.9 Å². The number of carbonyl (C=O) groups is 3.